The summed E-state index contributed by atoms with van der Waals surface area (Å²) in [6, 6.07) is 12.6. The Morgan fingerprint density at radius 1 is 0.909 bits per heavy atom. The fraction of sp³-hybridized carbons (Fsp3) is 0.333. The van der Waals surface area contributed by atoms with Crippen molar-refractivity contribution in [2.75, 3.05) is 31.1 Å². The van der Waals surface area contributed by atoms with Gasteiger partial charge in [-0.2, -0.15) is 0 Å². The predicted molar refractivity (Wildman–Crippen MR) is 85.0 cm³/mol. The van der Waals surface area contributed by atoms with E-state index in [1.54, 1.807) is 6.07 Å². The van der Waals surface area contributed by atoms with Gasteiger partial charge < -0.3 is 4.90 Å². The lowest BCUT2D eigenvalue weighted by Gasteiger charge is -2.36. The van der Waals surface area contributed by atoms with E-state index in [4.69, 9.17) is 0 Å². The highest BCUT2D eigenvalue weighted by Gasteiger charge is 2.18. The van der Waals surface area contributed by atoms with Crippen molar-refractivity contribution < 1.29 is 8.78 Å². The number of anilines is 1. The summed E-state index contributed by atoms with van der Waals surface area (Å²) in [5.41, 5.74) is 3.40. The molecule has 4 heteroatoms. The molecule has 0 bridgehead atoms. The number of nitrogens with zero attached hydrogens (tertiary/aromatic N) is 2. The molecule has 1 saturated heterocycles. The number of benzene rings is 2. The van der Waals surface area contributed by atoms with Crippen LogP contribution in [-0.2, 0) is 6.54 Å². The van der Waals surface area contributed by atoms with Gasteiger partial charge in [-0.3, -0.25) is 4.90 Å². The predicted octanol–water partition coefficient (Wildman–Crippen LogP) is 3.60. The van der Waals surface area contributed by atoms with Gasteiger partial charge in [-0.05, 0) is 36.2 Å². The van der Waals surface area contributed by atoms with Gasteiger partial charge in [0.1, 0.15) is 0 Å². The summed E-state index contributed by atoms with van der Waals surface area (Å²) in [6.07, 6.45) is 0. The zero-order chi connectivity index (χ0) is 15.5. The third kappa shape index (κ3) is 3.28. The molecule has 0 saturated carbocycles. The maximum absolute atomic E-state index is 13.3. The maximum atomic E-state index is 13.3. The molecule has 0 aromatic heterocycles. The van der Waals surface area contributed by atoms with E-state index in [-0.39, 0.29) is 0 Å². The standard InChI is InChI=1S/C18H20F2N2/c1-14-4-2-3-5-18(14)22-10-8-21(9-11-22)13-15-6-7-16(19)17(20)12-15/h2-7,12H,8-11,13H2,1H3. The van der Waals surface area contributed by atoms with Crippen molar-refractivity contribution in [2.24, 2.45) is 0 Å². The first kappa shape index (κ1) is 15.0. The third-order valence-corrected chi connectivity index (χ3v) is 4.22. The number of hydrogen-bond donors (Lipinski definition) is 0. The molecule has 1 aliphatic rings. The molecule has 3 rings (SSSR count). The summed E-state index contributed by atoms with van der Waals surface area (Å²) in [5, 5.41) is 0. The van der Waals surface area contributed by atoms with E-state index >= 15 is 0 Å². The van der Waals surface area contributed by atoms with Crippen LogP contribution in [0.15, 0.2) is 42.5 Å². The minimum atomic E-state index is -0.784. The molecule has 1 heterocycles. The number of hydrogen-bond acceptors (Lipinski definition) is 2. The molecule has 0 spiro atoms. The van der Waals surface area contributed by atoms with E-state index in [2.05, 4.69) is 41.0 Å². The number of piperazine rings is 1. The topological polar surface area (TPSA) is 6.48 Å². The Balaban J connectivity index is 1.60. The maximum Gasteiger partial charge on any atom is 0.159 e. The van der Waals surface area contributed by atoms with Crippen molar-refractivity contribution in [2.45, 2.75) is 13.5 Å². The molecule has 22 heavy (non-hydrogen) atoms. The van der Waals surface area contributed by atoms with Gasteiger partial charge in [0.25, 0.3) is 0 Å². The molecule has 2 aromatic carbocycles. The van der Waals surface area contributed by atoms with Gasteiger partial charge in [0, 0.05) is 38.4 Å². The van der Waals surface area contributed by atoms with Gasteiger partial charge in [0.15, 0.2) is 11.6 Å². The van der Waals surface area contributed by atoms with Crippen LogP contribution in [0.5, 0.6) is 0 Å². The van der Waals surface area contributed by atoms with Crippen LogP contribution in [0.2, 0.25) is 0 Å². The fourth-order valence-corrected chi connectivity index (χ4v) is 2.96. The first-order valence-electron chi connectivity index (χ1n) is 7.60. The van der Waals surface area contributed by atoms with Crippen LogP contribution in [0.1, 0.15) is 11.1 Å². The molecule has 0 N–H and O–H groups in total. The molecule has 2 nitrogen and oxygen atoms in total. The Labute approximate surface area is 130 Å². The fourth-order valence-electron chi connectivity index (χ4n) is 2.96. The van der Waals surface area contributed by atoms with Gasteiger partial charge >= 0.3 is 0 Å². The number of para-hydroxylation sites is 1. The second-order valence-electron chi connectivity index (χ2n) is 5.80. The molecule has 0 atom stereocenters. The first-order chi connectivity index (χ1) is 10.6. The van der Waals surface area contributed by atoms with Crippen molar-refractivity contribution in [1.82, 2.24) is 4.90 Å². The van der Waals surface area contributed by atoms with Crippen LogP contribution >= 0.6 is 0 Å². The van der Waals surface area contributed by atoms with E-state index in [0.717, 1.165) is 31.7 Å². The average molecular weight is 302 g/mol. The SMILES string of the molecule is Cc1ccccc1N1CCN(Cc2ccc(F)c(F)c2)CC1. The van der Waals surface area contributed by atoms with Gasteiger partial charge in [-0.1, -0.05) is 24.3 Å². The van der Waals surface area contributed by atoms with E-state index in [9.17, 15) is 8.78 Å². The molecule has 0 radical (unpaired) electrons. The Bertz CT molecular complexity index is 649. The molecule has 0 amide bonds. The highest BCUT2D eigenvalue weighted by Crippen LogP contribution is 2.21. The molecular weight excluding hydrogens is 282 g/mol. The Hall–Kier alpha value is -1.94. The van der Waals surface area contributed by atoms with Gasteiger partial charge in [0.05, 0.1) is 0 Å². The minimum Gasteiger partial charge on any atom is -0.369 e. The quantitative estimate of drug-likeness (QED) is 0.855. The van der Waals surface area contributed by atoms with E-state index < -0.39 is 11.6 Å². The van der Waals surface area contributed by atoms with Crippen molar-refractivity contribution in [3.63, 3.8) is 0 Å². The first-order valence-corrected chi connectivity index (χ1v) is 7.60. The molecule has 2 aromatic rings. The normalized spacial score (nSPS) is 16.0. The zero-order valence-corrected chi connectivity index (χ0v) is 12.7. The highest BCUT2D eigenvalue weighted by atomic mass is 19.2. The van der Waals surface area contributed by atoms with Gasteiger partial charge in [-0.15, -0.1) is 0 Å². The third-order valence-electron chi connectivity index (χ3n) is 4.22. The molecule has 0 unspecified atom stereocenters. The Kier molecular flexibility index (Phi) is 4.39. The van der Waals surface area contributed by atoms with E-state index in [1.165, 1.54) is 23.4 Å². The summed E-state index contributed by atoms with van der Waals surface area (Å²) in [6.45, 7) is 6.55. The van der Waals surface area contributed by atoms with Crippen LogP contribution in [0.3, 0.4) is 0 Å². The second-order valence-corrected chi connectivity index (χ2v) is 5.80. The van der Waals surface area contributed by atoms with Gasteiger partial charge in [-0.25, -0.2) is 8.78 Å². The largest absolute Gasteiger partial charge is 0.369 e. The monoisotopic (exact) mass is 302 g/mol. The summed E-state index contributed by atoms with van der Waals surface area (Å²) < 4.78 is 26.2. The van der Waals surface area contributed by atoms with Crippen molar-refractivity contribution in [1.29, 1.82) is 0 Å². The molecule has 0 aliphatic carbocycles. The van der Waals surface area contributed by atoms with Crippen LogP contribution in [0.25, 0.3) is 0 Å². The van der Waals surface area contributed by atoms with E-state index in [0.29, 0.717) is 6.54 Å². The highest BCUT2D eigenvalue weighted by molar-refractivity contribution is 5.53. The van der Waals surface area contributed by atoms with Crippen LogP contribution in [0.4, 0.5) is 14.5 Å². The molecule has 116 valence electrons. The van der Waals surface area contributed by atoms with E-state index in [1.807, 2.05) is 0 Å². The van der Waals surface area contributed by atoms with Crippen molar-refractivity contribution >= 4 is 5.69 Å². The van der Waals surface area contributed by atoms with Crippen LogP contribution in [-0.4, -0.2) is 31.1 Å². The zero-order valence-electron chi connectivity index (χ0n) is 12.7. The number of aryl methyl sites for hydroxylation is 1. The van der Waals surface area contributed by atoms with Crippen LogP contribution < -0.4 is 4.90 Å². The summed E-state index contributed by atoms with van der Waals surface area (Å²) in [4.78, 5) is 4.67. The Morgan fingerprint density at radius 3 is 2.32 bits per heavy atom. The lowest BCUT2D eigenvalue weighted by atomic mass is 10.1. The second kappa shape index (κ2) is 6.44. The van der Waals surface area contributed by atoms with Gasteiger partial charge in [0.2, 0.25) is 0 Å². The summed E-state index contributed by atoms with van der Waals surface area (Å²) >= 11 is 0. The van der Waals surface area contributed by atoms with Crippen LogP contribution in [0, 0.1) is 18.6 Å². The average Bonchev–Trinajstić information content (AvgIpc) is 2.52. The lowest BCUT2D eigenvalue weighted by molar-refractivity contribution is 0.249. The molecule has 1 aliphatic heterocycles. The molecular formula is C18H20F2N2. The molecule has 1 fully saturated rings. The smallest absolute Gasteiger partial charge is 0.159 e. The van der Waals surface area contributed by atoms with Crippen molar-refractivity contribution in [3.05, 3.63) is 65.2 Å². The minimum absolute atomic E-state index is 0.665. The van der Waals surface area contributed by atoms with Crippen molar-refractivity contribution in [3.8, 4) is 0 Å². The summed E-state index contributed by atoms with van der Waals surface area (Å²) in [5.74, 6) is -1.55. The summed E-state index contributed by atoms with van der Waals surface area (Å²) in [7, 11) is 0. The Morgan fingerprint density at radius 2 is 1.64 bits per heavy atom. The number of rotatable bonds is 3. The number of halogens is 2. The lowest BCUT2D eigenvalue weighted by Crippen LogP contribution is -2.46.